The van der Waals surface area contributed by atoms with Gasteiger partial charge in [-0.05, 0) is 43.7 Å². The molecule has 0 unspecified atom stereocenters. The first kappa shape index (κ1) is 23.3. The summed E-state index contributed by atoms with van der Waals surface area (Å²) in [7, 11) is 1.49. The summed E-state index contributed by atoms with van der Waals surface area (Å²) in [5.74, 6) is 0.747. The molecule has 0 saturated carbocycles. The van der Waals surface area contributed by atoms with Gasteiger partial charge in [0, 0.05) is 37.3 Å². The number of hydrogen-bond donors (Lipinski definition) is 0. The maximum Gasteiger partial charge on any atom is 0.316 e. The number of benzene rings is 2. The second-order valence-electron chi connectivity index (χ2n) is 8.25. The minimum Gasteiger partial charge on any atom is -0.490 e. The zero-order chi connectivity index (χ0) is 23.5. The van der Waals surface area contributed by atoms with Gasteiger partial charge in [-0.15, -0.1) is 0 Å². The molecule has 0 aliphatic carbocycles. The molecule has 8 heteroatoms. The van der Waals surface area contributed by atoms with E-state index in [0.29, 0.717) is 28.7 Å². The molecule has 1 saturated heterocycles. The highest BCUT2D eigenvalue weighted by atomic mass is 35.5. The van der Waals surface area contributed by atoms with Gasteiger partial charge in [0.25, 0.3) is 5.91 Å². The molecule has 1 fully saturated rings. The van der Waals surface area contributed by atoms with Crippen molar-refractivity contribution < 1.29 is 14.3 Å². The number of halogens is 2. The highest BCUT2D eigenvalue weighted by Gasteiger charge is 2.40. The summed E-state index contributed by atoms with van der Waals surface area (Å²) in [6.45, 7) is 5.13. The third kappa shape index (κ3) is 5.23. The molecule has 0 N–H and O–H groups in total. The van der Waals surface area contributed by atoms with Crippen molar-refractivity contribution in [3.05, 3.63) is 81.6 Å². The van der Waals surface area contributed by atoms with Crippen molar-refractivity contribution >= 4 is 29.1 Å². The Morgan fingerprint density at radius 2 is 1.76 bits per heavy atom. The van der Waals surface area contributed by atoms with Crippen LogP contribution in [-0.4, -0.2) is 47.1 Å². The Bertz CT molecular complexity index is 1120. The fourth-order valence-corrected chi connectivity index (χ4v) is 4.51. The van der Waals surface area contributed by atoms with Crippen LogP contribution in [0.2, 0.25) is 10.0 Å². The minimum atomic E-state index is -0.142. The normalized spacial score (nSPS) is 18.8. The molecule has 1 aliphatic rings. The average Bonchev–Trinajstić information content (AvgIpc) is 3.27. The number of carbonyl (C=O) groups is 1. The van der Waals surface area contributed by atoms with Crippen molar-refractivity contribution in [2.75, 3.05) is 20.2 Å². The van der Waals surface area contributed by atoms with E-state index in [4.69, 9.17) is 32.7 Å². The monoisotopic (exact) mass is 485 g/mol. The van der Waals surface area contributed by atoms with Gasteiger partial charge >= 0.3 is 6.01 Å². The van der Waals surface area contributed by atoms with E-state index >= 15 is 0 Å². The SMILES string of the molecule is COc1ncc(C(=O)N2C[C@@H]([C@@H](C)Oc3ccc(C)cc3)[C@H](c3ccc(Cl)c(Cl)c3)C2)cn1. The van der Waals surface area contributed by atoms with Crippen LogP contribution in [0.5, 0.6) is 11.8 Å². The summed E-state index contributed by atoms with van der Waals surface area (Å²) >= 11 is 12.5. The van der Waals surface area contributed by atoms with Crippen LogP contribution in [0.3, 0.4) is 0 Å². The molecule has 3 aromatic rings. The zero-order valence-corrected chi connectivity index (χ0v) is 20.2. The summed E-state index contributed by atoms with van der Waals surface area (Å²) < 4.78 is 11.3. The lowest BCUT2D eigenvalue weighted by atomic mass is 9.85. The van der Waals surface area contributed by atoms with E-state index in [1.807, 2.05) is 55.1 Å². The number of aromatic nitrogens is 2. The number of ether oxygens (including phenoxy) is 2. The highest BCUT2D eigenvalue weighted by Crippen LogP contribution is 2.38. The summed E-state index contributed by atoms with van der Waals surface area (Å²) in [4.78, 5) is 23.2. The maximum absolute atomic E-state index is 13.2. The molecule has 1 aromatic heterocycles. The van der Waals surface area contributed by atoms with Crippen molar-refractivity contribution in [1.82, 2.24) is 14.9 Å². The van der Waals surface area contributed by atoms with E-state index in [-0.39, 0.29) is 29.9 Å². The topological polar surface area (TPSA) is 64.5 Å². The molecule has 172 valence electrons. The first-order valence-corrected chi connectivity index (χ1v) is 11.4. The molecule has 0 radical (unpaired) electrons. The average molecular weight is 486 g/mol. The zero-order valence-electron chi connectivity index (χ0n) is 18.7. The third-order valence-corrected chi connectivity index (χ3v) is 6.77. The van der Waals surface area contributed by atoms with Gasteiger partial charge in [0.1, 0.15) is 11.9 Å². The second-order valence-corrected chi connectivity index (χ2v) is 9.06. The fraction of sp³-hybridized carbons (Fsp3) is 0.320. The minimum absolute atomic E-state index is 0.0309. The highest BCUT2D eigenvalue weighted by molar-refractivity contribution is 6.42. The van der Waals surface area contributed by atoms with Crippen LogP contribution in [0.25, 0.3) is 0 Å². The fourth-order valence-electron chi connectivity index (χ4n) is 4.20. The molecule has 6 nitrogen and oxygen atoms in total. The molecular weight excluding hydrogens is 461 g/mol. The molecule has 3 atom stereocenters. The van der Waals surface area contributed by atoms with E-state index in [0.717, 1.165) is 11.3 Å². The molecule has 4 rings (SSSR count). The molecule has 33 heavy (non-hydrogen) atoms. The van der Waals surface area contributed by atoms with Crippen LogP contribution in [0, 0.1) is 12.8 Å². The van der Waals surface area contributed by atoms with Gasteiger partial charge in [-0.2, -0.15) is 0 Å². The van der Waals surface area contributed by atoms with E-state index in [1.54, 1.807) is 6.07 Å². The molecule has 1 aliphatic heterocycles. The number of aryl methyl sites for hydroxylation is 1. The number of amides is 1. The van der Waals surface area contributed by atoms with Crippen LogP contribution in [0.1, 0.15) is 34.3 Å². The van der Waals surface area contributed by atoms with Crippen molar-refractivity contribution in [1.29, 1.82) is 0 Å². The predicted octanol–water partition coefficient (Wildman–Crippen LogP) is 5.42. The van der Waals surface area contributed by atoms with Crippen LogP contribution < -0.4 is 9.47 Å². The second kappa shape index (κ2) is 9.98. The van der Waals surface area contributed by atoms with Crippen LogP contribution >= 0.6 is 23.2 Å². The lowest BCUT2D eigenvalue weighted by Gasteiger charge is -2.26. The largest absolute Gasteiger partial charge is 0.490 e. The number of methoxy groups -OCH3 is 1. The van der Waals surface area contributed by atoms with E-state index in [1.165, 1.54) is 25.1 Å². The Balaban J connectivity index is 1.60. The summed E-state index contributed by atoms with van der Waals surface area (Å²) in [6.07, 6.45) is 2.83. The van der Waals surface area contributed by atoms with Crippen molar-refractivity contribution in [2.24, 2.45) is 5.92 Å². The Kier molecular flexibility index (Phi) is 7.05. The number of likely N-dealkylation sites (tertiary alicyclic amines) is 1. The molecule has 1 amide bonds. The van der Waals surface area contributed by atoms with Gasteiger partial charge in [-0.3, -0.25) is 4.79 Å². The van der Waals surface area contributed by atoms with E-state index in [2.05, 4.69) is 9.97 Å². The van der Waals surface area contributed by atoms with Gasteiger partial charge in [-0.25, -0.2) is 9.97 Å². The Morgan fingerprint density at radius 3 is 2.39 bits per heavy atom. The van der Waals surface area contributed by atoms with Gasteiger partial charge < -0.3 is 14.4 Å². The van der Waals surface area contributed by atoms with Crippen LogP contribution in [0.15, 0.2) is 54.9 Å². The van der Waals surface area contributed by atoms with E-state index < -0.39 is 0 Å². The number of nitrogens with zero attached hydrogens (tertiary/aromatic N) is 3. The van der Waals surface area contributed by atoms with Gasteiger partial charge in [0.2, 0.25) is 0 Å². The molecule has 2 aromatic carbocycles. The van der Waals surface area contributed by atoms with Gasteiger partial charge in [-0.1, -0.05) is 47.0 Å². The third-order valence-electron chi connectivity index (χ3n) is 6.03. The number of hydrogen-bond acceptors (Lipinski definition) is 5. The summed E-state index contributed by atoms with van der Waals surface area (Å²) in [5, 5.41) is 0.996. The lowest BCUT2D eigenvalue weighted by Crippen LogP contribution is -2.32. The summed E-state index contributed by atoms with van der Waals surface area (Å²) in [6, 6.07) is 13.8. The number of rotatable bonds is 6. The number of carbonyl (C=O) groups excluding carboxylic acids is 1. The van der Waals surface area contributed by atoms with Crippen molar-refractivity contribution in [3.8, 4) is 11.8 Å². The van der Waals surface area contributed by atoms with Crippen molar-refractivity contribution in [3.63, 3.8) is 0 Å². The van der Waals surface area contributed by atoms with Gasteiger partial charge in [0.15, 0.2) is 0 Å². The van der Waals surface area contributed by atoms with Crippen LogP contribution in [0.4, 0.5) is 0 Å². The Morgan fingerprint density at radius 1 is 1.06 bits per heavy atom. The molecule has 2 heterocycles. The molecule has 0 bridgehead atoms. The Hall–Kier alpha value is -2.83. The van der Waals surface area contributed by atoms with E-state index in [9.17, 15) is 4.79 Å². The Labute approximate surface area is 203 Å². The quantitative estimate of drug-likeness (QED) is 0.466. The van der Waals surface area contributed by atoms with Gasteiger partial charge in [0.05, 0.1) is 22.7 Å². The first-order chi connectivity index (χ1) is 15.9. The predicted molar refractivity (Wildman–Crippen MR) is 128 cm³/mol. The van der Waals surface area contributed by atoms with Crippen LogP contribution in [-0.2, 0) is 0 Å². The lowest BCUT2D eigenvalue weighted by molar-refractivity contribution is 0.0770. The first-order valence-electron chi connectivity index (χ1n) is 10.7. The smallest absolute Gasteiger partial charge is 0.316 e. The standard InChI is InChI=1S/C25H25Cl2N3O3/c1-15-4-7-19(8-5-15)33-16(2)20-13-30(24(31)18-11-28-25(32-3)29-12-18)14-21(20)17-6-9-22(26)23(27)10-17/h4-12,16,20-21H,13-14H2,1-3H3/t16-,20+,21+/m1/s1. The summed E-state index contributed by atoms with van der Waals surface area (Å²) in [5.41, 5.74) is 2.61. The molecule has 0 spiro atoms. The maximum atomic E-state index is 13.2. The van der Waals surface area contributed by atoms with Crippen molar-refractivity contribution in [2.45, 2.75) is 25.9 Å². The molecular formula is C25H25Cl2N3O3.